The third kappa shape index (κ3) is 3.93. The predicted molar refractivity (Wildman–Crippen MR) is 65.0 cm³/mol. The first kappa shape index (κ1) is 13.8. The van der Waals surface area contributed by atoms with Crippen molar-refractivity contribution >= 4 is 17.3 Å². The number of rotatable bonds is 7. The third-order valence-electron chi connectivity index (χ3n) is 2.12. The van der Waals surface area contributed by atoms with Crippen LogP contribution in [0.4, 0.5) is 11.4 Å². The Hall–Kier alpha value is -2.31. The Bertz CT molecular complexity index is 447. The molecular weight excluding hydrogens is 240 g/mol. The maximum absolute atomic E-state index is 10.7. The van der Waals surface area contributed by atoms with Crippen LogP contribution in [-0.2, 0) is 4.79 Å². The fraction of sp³-hybridized carbons (Fsp3) is 0.364. The standard InChI is InChI=1S/C11H14N2O5/c1-2-18-10-7-8(12-6-5-11(14)15)3-4-9(10)13(16)17/h3-4,7,12H,2,5-6H2,1H3,(H,14,15). The van der Waals surface area contributed by atoms with Crippen molar-refractivity contribution in [2.45, 2.75) is 13.3 Å². The van der Waals surface area contributed by atoms with E-state index in [0.29, 0.717) is 12.3 Å². The molecule has 0 saturated heterocycles. The number of nitro benzene ring substituents is 1. The van der Waals surface area contributed by atoms with Gasteiger partial charge in [-0.15, -0.1) is 0 Å². The first-order chi connectivity index (χ1) is 8.54. The zero-order chi connectivity index (χ0) is 13.5. The van der Waals surface area contributed by atoms with E-state index in [4.69, 9.17) is 9.84 Å². The van der Waals surface area contributed by atoms with Crippen LogP contribution in [0.1, 0.15) is 13.3 Å². The summed E-state index contributed by atoms with van der Waals surface area (Å²) in [6, 6.07) is 4.33. The molecule has 0 radical (unpaired) electrons. The fourth-order valence-corrected chi connectivity index (χ4v) is 1.36. The molecule has 1 aromatic carbocycles. The molecule has 0 heterocycles. The molecule has 0 bridgehead atoms. The average Bonchev–Trinajstić information content (AvgIpc) is 2.29. The van der Waals surface area contributed by atoms with Crippen molar-refractivity contribution in [1.29, 1.82) is 0 Å². The quantitative estimate of drug-likeness (QED) is 0.569. The van der Waals surface area contributed by atoms with Crippen molar-refractivity contribution in [3.05, 3.63) is 28.3 Å². The minimum Gasteiger partial charge on any atom is -0.487 e. The first-order valence-corrected chi connectivity index (χ1v) is 5.41. The van der Waals surface area contributed by atoms with Gasteiger partial charge in [0.25, 0.3) is 0 Å². The molecule has 7 nitrogen and oxygen atoms in total. The number of hydrogen-bond acceptors (Lipinski definition) is 5. The van der Waals surface area contributed by atoms with Crippen molar-refractivity contribution in [3.8, 4) is 5.75 Å². The molecule has 0 aliphatic carbocycles. The van der Waals surface area contributed by atoms with Crippen molar-refractivity contribution in [1.82, 2.24) is 0 Å². The van der Waals surface area contributed by atoms with E-state index in [1.54, 1.807) is 6.92 Å². The number of benzene rings is 1. The van der Waals surface area contributed by atoms with Crippen LogP contribution in [0.15, 0.2) is 18.2 Å². The summed E-state index contributed by atoms with van der Waals surface area (Å²) >= 11 is 0. The summed E-state index contributed by atoms with van der Waals surface area (Å²) in [5.41, 5.74) is 0.478. The highest BCUT2D eigenvalue weighted by Crippen LogP contribution is 2.29. The molecule has 0 spiro atoms. The molecule has 0 aromatic heterocycles. The number of hydrogen-bond donors (Lipinski definition) is 2. The van der Waals surface area contributed by atoms with Gasteiger partial charge in [0.1, 0.15) is 0 Å². The predicted octanol–water partition coefficient (Wildman–Crippen LogP) is 1.88. The highest BCUT2D eigenvalue weighted by Gasteiger charge is 2.15. The fourth-order valence-electron chi connectivity index (χ4n) is 1.36. The molecule has 0 unspecified atom stereocenters. The Balaban J connectivity index is 2.79. The summed E-state index contributed by atoms with van der Waals surface area (Å²) in [4.78, 5) is 20.6. The van der Waals surface area contributed by atoms with Gasteiger partial charge in [-0.25, -0.2) is 0 Å². The second kappa shape index (κ2) is 6.43. The SMILES string of the molecule is CCOc1cc(NCCC(=O)O)ccc1[N+](=O)[O-]. The van der Waals surface area contributed by atoms with Gasteiger partial charge in [0.05, 0.1) is 18.0 Å². The van der Waals surface area contributed by atoms with Crippen LogP contribution in [0.25, 0.3) is 0 Å². The maximum atomic E-state index is 10.7. The number of nitro groups is 1. The average molecular weight is 254 g/mol. The van der Waals surface area contributed by atoms with E-state index in [2.05, 4.69) is 5.32 Å². The van der Waals surface area contributed by atoms with Crippen LogP contribution in [0.2, 0.25) is 0 Å². The summed E-state index contributed by atoms with van der Waals surface area (Å²) in [7, 11) is 0. The van der Waals surface area contributed by atoms with E-state index in [0.717, 1.165) is 0 Å². The molecule has 7 heteroatoms. The summed E-state index contributed by atoms with van der Waals surface area (Å²) in [6.07, 6.45) is -0.0268. The van der Waals surface area contributed by atoms with Gasteiger partial charge < -0.3 is 15.2 Å². The van der Waals surface area contributed by atoms with E-state index in [1.165, 1.54) is 18.2 Å². The molecule has 18 heavy (non-hydrogen) atoms. The molecule has 0 aliphatic rings. The van der Waals surface area contributed by atoms with Crippen molar-refractivity contribution in [2.24, 2.45) is 0 Å². The van der Waals surface area contributed by atoms with Crippen LogP contribution >= 0.6 is 0 Å². The smallest absolute Gasteiger partial charge is 0.311 e. The normalized spacial score (nSPS) is 9.83. The van der Waals surface area contributed by atoms with Crippen molar-refractivity contribution in [2.75, 3.05) is 18.5 Å². The van der Waals surface area contributed by atoms with Gasteiger partial charge in [-0.05, 0) is 13.0 Å². The summed E-state index contributed by atoms with van der Waals surface area (Å²) in [6.45, 7) is 2.30. The van der Waals surface area contributed by atoms with E-state index >= 15 is 0 Å². The minimum atomic E-state index is -0.908. The third-order valence-corrected chi connectivity index (χ3v) is 2.12. The molecule has 1 aromatic rings. The summed E-state index contributed by atoms with van der Waals surface area (Å²) < 4.78 is 5.17. The van der Waals surface area contributed by atoms with Crippen LogP contribution in [0, 0.1) is 10.1 Å². The van der Waals surface area contributed by atoms with E-state index in [1.807, 2.05) is 0 Å². The van der Waals surface area contributed by atoms with Crippen LogP contribution in [0.5, 0.6) is 5.75 Å². The van der Waals surface area contributed by atoms with E-state index in [9.17, 15) is 14.9 Å². The lowest BCUT2D eigenvalue weighted by Crippen LogP contribution is -2.08. The second-order valence-electron chi connectivity index (χ2n) is 3.44. The van der Waals surface area contributed by atoms with Crippen molar-refractivity contribution in [3.63, 3.8) is 0 Å². The largest absolute Gasteiger partial charge is 0.487 e. The van der Waals surface area contributed by atoms with Crippen molar-refractivity contribution < 1.29 is 19.6 Å². The molecule has 0 saturated carbocycles. The zero-order valence-corrected chi connectivity index (χ0v) is 9.88. The van der Waals surface area contributed by atoms with Gasteiger partial charge in [0.2, 0.25) is 0 Å². The molecule has 98 valence electrons. The number of ether oxygens (including phenoxy) is 1. The molecule has 0 atom stereocenters. The molecule has 2 N–H and O–H groups in total. The Labute approximate surface area is 104 Å². The van der Waals surface area contributed by atoms with Crippen LogP contribution < -0.4 is 10.1 Å². The molecular formula is C11H14N2O5. The lowest BCUT2D eigenvalue weighted by Gasteiger charge is -2.08. The molecule has 0 aliphatic heterocycles. The number of carboxylic acids is 1. The number of carbonyl (C=O) groups is 1. The second-order valence-corrected chi connectivity index (χ2v) is 3.44. The van der Waals surface area contributed by atoms with E-state index < -0.39 is 10.9 Å². The van der Waals surface area contributed by atoms with Crippen LogP contribution in [0.3, 0.4) is 0 Å². The molecule has 0 fully saturated rings. The highest BCUT2D eigenvalue weighted by atomic mass is 16.6. The van der Waals surface area contributed by atoms with Gasteiger partial charge in [-0.2, -0.15) is 0 Å². The van der Waals surface area contributed by atoms with Gasteiger partial charge >= 0.3 is 11.7 Å². The van der Waals surface area contributed by atoms with E-state index in [-0.39, 0.29) is 24.4 Å². The highest BCUT2D eigenvalue weighted by molar-refractivity contribution is 5.67. The number of carboxylic acid groups (broad SMARTS) is 1. The minimum absolute atomic E-state index is 0.0268. The summed E-state index contributed by atoms with van der Waals surface area (Å²) in [5.74, 6) is -0.739. The Morgan fingerprint density at radius 3 is 2.83 bits per heavy atom. The monoisotopic (exact) mass is 254 g/mol. The number of aliphatic carboxylic acids is 1. The van der Waals surface area contributed by atoms with Gasteiger partial charge in [-0.1, -0.05) is 0 Å². The summed E-state index contributed by atoms with van der Waals surface area (Å²) in [5, 5.41) is 22.1. The van der Waals surface area contributed by atoms with Gasteiger partial charge in [0.15, 0.2) is 5.75 Å². The number of anilines is 1. The number of nitrogens with one attached hydrogen (secondary N) is 1. The topological polar surface area (TPSA) is 102 Å². The molecule has 1 rings (SSSR count). The Morgan fingerprint density at radius 2 is 2.28 bits per heavy atom. The maximum Gasteiger partial charge on any atom is 0.311 e. The zero-order valence-electron chi connectivity index (χ0n) is 9.88. The lowest BCUT2D eigenvalue weighted by molar-refractivity contribution is -0.385. The van der Waals surface area contributed by atoms with Gasteiger partial charge in [-0.3, -0.25) is 14.9 Å². The Kier molecular flexibility index (Phi) is 4.91. The molecule has 0 amide bonds. The van der Waals surface area contributed by atoms with Crippen LogP contribution in [-0.4, -0.2) is 29.2 Å². The van der Waals surface area contributed by atoms with Gasteiger partial charge in [0, 0.05) is 24.4 Å². The lowest BCUT2D eigenvalue weighted by atomic mass is 10.2. The first-order valence-electron chi connectivity index (χ1n) is 5.41. The Morgan fingerprint density at radius 1 is 1.56 bits per heavy atom. The number of nitrogens with zero attached hydrogens (tertiary/aromatic N) is 1.